The van der Waals surface area contributed by atoms with Crippen LogP contribution in [-0.2, 0) is 26.2 Å². The average Bonchev–Trinajstić information content (AvgIpc) is 2.98. The molecule has 0 spiro atoms. The fourth-order valence-electron chi connectivity index (χ4n) is 5.27. The molecule has 7 nitrogen and oxygen atoms in total. The maximum Gasteiger partial charge on any atom is 0.264 e. The highest BCUT2D eigenvalue weighted by atomic mass is 35.5. The fourth-order valence-corrected chi connectivity index (χ4v) is 7.29. The van der Waals surface area contributed by atoms with Gasteiger partial charge in [0.1, 0.15) is 12.6 Å². The number of sulfonamides is 1. The molecule has 2 amide bonds. The van der Waals surface area contributed by atoms with Crippen LogP contribution in [0.4, 0.5) is 5.69 Å². The zero-order chi connectivity index (χ0) is 30.3. The first-order chi connectivity index (χ1) is 20.1. The molecule has 0 heterocycles. The Bertz CT molecular complexity index is 1480. The normalized spacial score (nSPS) is 14.7. The second-order valence-corrected chi connectivity index (χ2v) is 13.4. The smallest absolute Gasteiger partial charge is 0.264 e. The lowest BCUT2D eigenvalue weighted by Gasteiger charge is -2.34. The number of carbonyl (C=O) groups is 2. The Kier molecular flexibility index (Phi) is 10.9. The summed E-state index contributed by atoms with van der Waals surface area (Å²) in [5.41, 5.74) is 2.02. The first kappa shape index (κ1) is 31.9. The Morgan fingerprint density at radius 3 is 2.24 bits per heavy atom. The van der Waals surface area contributed by atoms with Crippen molar-refractivity contribution in [2.75, 3.05) is 10.8 Å². The van der Waals surface area contributed by atoms with E-state index in [4.69, 9.17) is 23.2 Å². The number of carbonyl (C=O) groups excluding carboxylic acids is 2. The van der Waals surface area contributed by atoms with Crippen LogP contribution in [0.15, 0.2) is 77.7 Å². The highest BCUT2D eigenvalue weighted by Crippen LogP contribution is 2.33. The summed E-state index contributed by atoms with van der Waals surface area (Å²) in [7, 11) is -4.21. The van der Waals surface area contributed by atoms with Crippen LogP contribution in [0.25, 0.3) is 0 Å². The Hall–Kier alpha value is -3.07. The number of hydrogen-bond donors (Lipinski definition) is 1. The number of benzene rings is 3. The summed E-state index contributed by atoms with van der Waals surface area (Å²) >= 11 is 12.6. The SMILES string of the molecule is CC[C@H](C(=O)NC1CCCCC1)N(Cc1ccc(C)cc1)C(=O)CN(c1ccc(Cl)cc1Cl)S(=O)(=O)c1ccccc1. The lowest BCUT2D eigenvalue weighted by atomic mass is 9.95. The lowest BCUT2D eigenvalue weighted by Crippen LogP contribution is -2.54. The standard InChI is InChI=1S/C32H37Cl2N3O4S/c1-3-29(32(39)35-26-10-6-4-7-11-26)36(21-24-16-14-23(2)15-17-24)31(38)22-37(30-19-18-25(33)20-28(30)34)42(40,41)27-12-8-5-9-13-27/h5,8-9,12-20,26,29H,3-4,6-7,10-11,21-22H2,1-2H3,(H,35,39)/t29-/m1/s1. The largest absolute Gasteiger partial charge is 0.352 e. The third kappa shape index (κ3) is 7.85. The molecule has 0 bridgehead atoms. The van der Waals surface area contributed by atoms with Crippen LogP contribution in [-0.4, -0.2) is 43.8 Å². The van der Waals surface area contributed by atoms with Crippen molar-refractivity contribution in [1.82, 2.24) is 10.2 Å². The van der Waals surface area contributed by atoms with Gasteiger partial charge in [0.25, 0.3) is 10.0 Å². The summed E-state index contributed by atoms with van der Waals surface area (Å²) in [5.74, 6) is -0.751. The number of nitrogens with zero attached hydrogens (tertiary/aromatic N) is 2. The van der Waals surface area contributed by atoms with Gasteiger partial charge < -0.3 is 10.2 Å². The highest BCUT2D eigenvalue weighted by molar-refractivity contribution is 7.92. The zero-order valence-corrected chi connectivity index (χ0v) is 26.3. The van der Waals surface area contributed by atoms with E-state index in [1.165, 1.54) is 35.2 Å². The maximum absolute atomic E-state index is 14.2. The predicted molar refractivity (Wildman–Crippen MR) is 168 cm³/mol. The highest BCUT2D eigenvalue weighted by Gasteiger charge is 2.35. The van der Waals surface area contributed by atoms with Crippen molar-refractivity contribution < 1.29 is 18.0 Å². The molecule has 224 valence electrons. The zero-order valence-electron chi connectivity index (χ0n) is 23.9. The van der Waals surface area contributed by atoms with Gasteiger partial charge in [-0.2, -0.15) is 0 Å². The molecule has 1 aliphatic carbocycles. The molecule has 0 aromatic heterocycles. The number of hydrogen-bond acceptors (Lipinski definition) is 4. The minimum absolute atomic E-state index is 0.0102. The second-order valence-electron chi connectivity index (χ2n) is 10.7. The van der Waals surface area contributed by atoms with E-state index < -0.39 is 28.5 Å². The number of halogens is 2. The van der Waals surface area contributed by atoms with Crippen LogP contribution >= 0.6 is 23.2 Å². The van der Waals surface area contributed by atoms with Gasteiger partial charge in [0.15, 0.2) is 0 Å². The fraction of sp³-hybridized carbons (Fsp3) is 0.375. The van der Waals surface area contributed by atoms with Gasteiger partial charge >= 0.3 is 0 Å². The third-order valence-electron chi connectivity index (χ3n) is 7.60. The molecule has 3 aromatic carbocycles. The third-order valence-corrected chi connectivity index (χ3v) is 9.91. The van der Waals surface area contributed by atoms with Gasteiger partial charge in [-0.05, 0) is 62.1 Å². The van der Waals surface area contributed by atoms with Crippen molar-refractivity contribution in [2.45, 2.75) is 75.9 Å². The molecule has 1 N–H and O–H groups in total. The number of nitrogens with one attached hydrogen (secondary N) is 1. The van der Waals surface area contributed by atoms with E-state index in [1.54, 1.807) is 18.2 Å². The predicted octanol–water partition coefficient (Wildman–Crippen LogP) is 6.75. The van der Waals surface area contributed by atoms with Gasteiger partial charge in [-0.3, -0.25) is 13.9 Å². The van der Waals surface area contributed by atoms with Gasteiger partial charge in [0.2, 0.25) is 11.8 Å². The Morgan fingerprint density at radius 1 is 0.952 bits per heavy atom. The molecule has 1 fully saturated rings. The Balaban J connectivity index is 1.72. The van der Waals surface area contributed by atoms with Crippen LogP contribution < -0.4 is 9.62 Å². The van der Waals surface area contributed by atoms with Gasteiger partial charge in [0, 0.05) is 17.6 Å². The summed E-state index contributed by atoms with van der Waals surface area (Å²) in [6.45, 7) is 3.41. The molecule has 4 rings (SSSR count). The van der Waals surface area contributed by atoms with Crippen molar-refractivity contribution in [3.8, 4) is 0 Å². The molecule has 3 aromatic rings. The van der Waals surface area contributed by atoms with Crippen molar-refractivity contribution in [3.05, 3.63) is 94.0 Å². The molecule has 0 unspecified atom stereocenters. The molecule has 1 saturated carbocycles. The van der Waals surface area contributed by atoms with Crippen LogP contribution in [0.3, 0.4) is 0 Å². The molecule has 1 atom stereocenters. The number of aryl methyl sites for hydroxylation is 1. The van der Waals surface area contributed by atoms with Gasteiger partial charge in [-0.15, -0.1) is 0 Å². The molecular weight excluding hydrogens is 593 g/mol. The topological polar surface area (TPSA) is 86.8 Å². The number of amides is 2. The first-order valence-electron chi connectivity index (χ1n) is 14.3. The average molecular weight is 631 g/mol. The van der Waals surface area contributed by atoms with E-state index in [0.717, 1.165) is 47.5 Å². The van der Waals surface area contributed by atoms with E-state index in [2.05, 4.69) is 5.32 Å². The van der Waals surface area contributed by atoms with Crippen molar-refractivity contribution in [2.24, 2.45) is 0 Å². The van der Waals surface area contributed by atoms with Gasteiger partial charge in [-0.1, -0.05) is 97.4 Å². The quantitative estimate of drug-likeness (QED) is 0.254. The maximum atomic E-state index is 14.2. The molecule has 0 aliphatic heterocycles. The van der Waals surface area contributed by atoms with Gasteiger partial charge in [0.05, 0.1) is 15.6 Å². The van der Waals surface area contributed by atoms with E-state index in [-0.39, 0.29) is 34.1 Å². The first-order valence-corrected chi connectivity index (χ1v) is 16.5. The van der Waals surface area contributed by atoms with Crippen LogP contribution in [0, 0.1) is 6.92 Å². The van der Waals surface area contributed by atoms with Gasteiger partial charge in [-0.25, -0.2) is 8.42 Å². The molecule has 42 heavy (non-hydrogen) atoms. The monoisotopic (exact) mass is 629 g/mol. The van der Waals surface area contributed by atoms with E-state index in [9.17, 15) is 18.0 Å². The van der Waals surface area contributed by atoms with Crippen LogP contribution in [0.1, 0.15) is 56.6 Å². The second kappa shape index (κ2) is 14.4. The Morgan fingerprint density at radius 2 is 1.62 bits per heavy atom. The summed E-state index contributed by atoms with van der Waals surface area (Å²) in [5, 5.41) is 3.57. The van der Waals surface area contributed by atoms with Crippen molar-refractivity contribution in [3.63, 3.8) is 0 Å². The molecular formula is C32H37Cl2N3O4S. The number of anilines is 1. The number of rotatable bonds is 11. The van der Waals surface area contributed by atoms with E-state index in [1.807, 2.05) is 38.1 Å². The lowest BCUT2D eigenvalue weighted by molar-refractivity contribution is -0.140. The molecule has 0 radical (unpaired) electrons. The minimum Gasteiger partial charge on any atom is -0.352 e. The summed E-state index contributed by atoms with van der Waals surface area (Å²) in [6, 6.07) is 19.3. The molecule has 1 aliphatic rings. The summed E-state index contributed by atoms with van der Waals surface area (Å²) in [4.78, 5) is 29.3. The molecule has 0 saturated heterocycles. The van der Waals surface area contributed by atoms with E-state index >= 15 is 0 Å². The van der Waals surface area contributed by atoms with Crippen molar-refractivity contribution in [1.29, 1.82) is 0 Å². The van der Waals surface area contributed by atoms with E-state index in [0.29, 0.717) is 11.4 Å². The van der Waals surface area contributed by atoms with Crippen molar-refractivity contribution >= 4 is 50.7 Å². The summed E-state index contributed by atoms with van der Waals surface area (Å²) in [6.07, 6.45) is 5.45. The summed E-state index contributed by atoms with van der Waals surface area (Å²) < 4.78 is 28.9. The van der Waals surface area contributed by atoms with Crippen LogP contribution in [0.5, 0.6) is 0 Å². The van der Waals surface area contributed by atoms with Crippen LogP contribution in [0.2, 0.25) is 10.0 Å². The minimum atomic E-state index is -4.21. The molecule has 10 heteroatoms. The Labute approximate surface area is 258 Å².